The van der Waals surface area contributed by atoms with E-state index in [1.807, 2.05) is 6.92 Å². The quantitative estimate of drug-likeness (QED) is 0.598. The maximum Gasteiger partial charge on any atom is 0.115 e. The summed E-state index contributed by atoms with van der Waals surface area (Å²) in [4.78, 5) is 0. The molecule has 1 saturated carbocycles. The van der Waals surface area contributed by atoms with Crippen LogP contribution in [0.1, 0.15) is 19.8 Å². The van der Waals surface area contributed by atoms with Crippen LogP contribution < -0.4 is 0 Å². The molecule has 0 aliphatic heterocycles. The molecule has 1 fully saturated rings. The van der Waals surface area contributed by atoms with E-state index >= 15 is 0 Å². The van der Waals surface area contributed by atoms with Crippen LogP contribution in [0.25, 0.3) is 0 Å². The number of hydrogen-bond donors (Lipinski definition) is 0. The fourth-order valence-electron chi connectivity index (χ4n) is 1.57. The van der Waals surface area contributed by atoms with Gasteiger partial charge < -0.3 is 4.74 Å². The molecule has 0 aromatic rings. The summed E-state index contributed by atoms with van der Waals surface area (Å²) in [6, 6.07) is 0. The summed E-state index contributed by atoms with van der Waals surface area (Å²) >= 11 is 0. The lowest BCUT2D eigenvalue weighted by molar-refractivity contribution is 0.225. The average Bonchev–Trinajstić information content (AvgIpc) is 2.81. The molecule has 2 atom stereocenters. The predicted molar refractivity (Wildman–Crippen MR) is 54.2 cm³/mol. The van der Waals surface area contributed by atoms with Gasteiger partial charge in [0.2, 0.25) is 0 Å². The van der Waals surface area contributed by atoms with Gasteiger partial charge in [-0.2, -0.15) is 0 Å². The molecule has 2 aliphatic rings. The van der Waals surface area contributed by atoms with E-state index in [0.717, 1.165) is 30.6 Å². The maximum absolute atomic E-state index is 5.60. The number of hydrogen-bond acceptors (Lipinski definition) is 1. The van der Waals surface area contributed by atoms with Crippen molar-refractivity contribution in [1.29, 1.82) is 0 Å². The maximum atomic E-state index is 5.60. The van der Waals surface area contributed by atoms with Gasteiger partial charge in [-0.05, 0) is 37.3 Å². The van der Waals surface area contributed by atoms with Gasteiger partial charge >= 0.3 is 0 Å². The molecule has 0 aromatic heterocycles. The molecule has 0 heterocycles. The zero-order chi connectivity index (χ0) is 9.26. The van der Waals surface area contributed by atoms with Gasteiger partial charge in [0.1, 0.15) is 5.76 Å². The Labute approximate surface area is 79.8 Å². The second-order valence-electron chi connectivity index (χ2n) is 4.05. The van der Waals surface area contributed by atoms with E-state index in [1.165, 1.54) is 12.0 Å². The second kappa shape index (κ2) is 3.41. The zero-order valence-corrected chi connectivity index (χ0v) is 8.12. The van der Waals surface area contributed by atoms with E-state index < -0.39 is 0 Å². The summed E-state index contributed by atoms with van der Waals surface area (Å²) in [5.41, 5.74) is 1.18. The minimum atomic E-state index is 0.767. The molecule has 0 amide bonds. The SMILES string of the molecule is C=C(C)CCOC1=CC2CC2C=C1. The normalized spacial score (nSPS) is 29.2. The van der Waals surface area contributed by atoms with Crippen molar-refractivity contribution in [3.05, 3.63) is 36.1 Å². The summed E-state index contributed by atoms with van der Waals surface area (Å²) in [6.45, 7) is 6.64. The highest BCUT2D eigenvalue weighted by atomic mass is 16.5. The minimum Gasteiger partial charge on any atom is -0.494 e. The first-order chi connectivity index (χ1) is 6.25. The summed E-state index contributed by atoms with van der Waals surface area (Å²) in [5.74, 6) is 2.67. The Kier molecular flexibility index (Phi) is 2.26. The molecule has 0 spiro atoms. The smallest absolute Gasteiger partial charge is 0.115 e. The van der Waals surface area contributed by atoms with Crippen LogP contribution in [-0.4, -0.2) is 6.61 Å². The van der Waals surface area contributed by atoms with Crippen LogP contribution in [0, 0.1) is 11.8 Å². The molecular formula is C12H16O. The zero-order valence-electron chi connectivity index (χ0n) is 8.12. The van der Waals surface area contributed by atoms with Crippen LogP contribution in [0.3, 0.4) is 0 Å². The largest absolute Gasteiger partial charge is 0.494 e. The fourth-order valence-corrected chi connectivity index (χ4v) is 1.57. The average molecular weight is 176 g/mol. The van der Waals surface area contributed by atoms with Gasteiger partial charge in [-0.15, -0.1) is 6.58 Å². The monoisotopic (exact) mass is 176 g/mol. The van der Waals surface area contributed by atoms with E-state index in [1.54, 1.807) is 0 Å². The van der Waals surface area contributed by atoms with Gasteiger partial charge in [-0.1, -0.05) is 11.6 Å². The Hall–Kier alpha value is -0.980. The summed E-state index contributed by atoms with van der Waals surface area (Å²) in [7, 11) is 0. The van der Waals surface area contributed by atoms with Crippen LogP contribution in [0.2, 0.25) is 0 Å². The lowest BCUT2D eigenvalue weighted by atomic mass is 10.2. The third kappa shape index (κ3) is 2.24. The van der Waals surface area contributed by atoms with Crippen molar-refractivity contribution in [2.24, 2.45) is 11.8 Å². The molecule has 1 heteroatoms. The Bertz CT molecular complexity index is 273. The van der Waals surface area contributed by atoms with E-state index in [-0.39, 0.29) is 0 Å². The topological polar surface area (TPSA) is 9.23 Å². The van der Waals surface area contributed by atoms with Gasteiger partial charge in [-0.3, -0.25) is 0 Å². The van der Waals surface area contributed by atoms with Crippen molar-refractivity contribution in [3.63, 3.8) is 0 Å². The van der Waals surface area contributed by atoms with E-state index in [4.69, 9.17) is 4.74 Å². The van der Waals surface area contributed by atoms with Crippen LogP contribution in [0.4, 0.5) is 0 Å². The summed E-state index contributed by atoms with van der Waals surface area (Å²) in [5, 5.41) is 0. The fraction of sp³-hybridized carbons (Fsp3) is 0.500. The minimum absolute atomic E-state index is 0.767. The molecule has 0 bridgehead atoms. The Morgan fingerprint density at radius 2 is 2.46 bits per heavy atom. The van der Waals surface area contributed by atoms with Gasteiger partial charge in [0.15, 0.2) is 0 Å². The van der Waals surface area contributed by atoms with Crippen molar-refractivity contribution >= 4 is 0 Å². The van der Waals surface area contributed by atoms with Gasteiger partial charge in [-0.25, -0.2) is 0 Å². The van der Waals surface area contributed by atoms with Crippen LogP contribution in [-0.2, 0) is 4.74 Å². The van der Waals surface area contributed by atoms with E-state index in [9.17, 15) is 0 Å². The van der Waals surface area contributed by atoms with Crippen LogP contribution in [0.15, 0.2) is 36.1 Å². The molecule has 0 radical (unpaired) electrons. The molecule has 0 saturated heterocycles. The first kappa shape index (κ1) is 8.61. The van der Waals surface area contributed by atoms with E-state index in [0.29, 0.717) is 0 Å². The Morgan fingerprint density at radius 1 is 1.62 bits per heavy atom. The van der Waals surface area contributed by atoms with Gasteiger partial charge in [0.05, 0.1) is 6.61 Å². The highest BCUT2D eigenvalue weighted by molar-refractivity contribution is 5.26. The molecule has 0 aromatic carbocycles. The number of ether oxygens (including phenoxy) is 1. The molecule has 2 unspecified atom stereocenters. The Balaban J connectivity index is 1.76. The Morgan fingerprint density at radius 3 is 3.15 bits per heavy atom. The predicted octanol–water partition coefficient (Wildman–Crippen LogP) is 3.06. The lowest BCUT2D eigenvalue weighted by Gasteiger charge is -2.08. The molecular weight excluding hydrogens is 160 g/mol. The highest BCUT2D eigenvalue weighted by Gasteiger charge is 2.35. The molecule has 2 rings (SSSR count). The van der Waals surface area contributed by atoms with Crippen LogP contribution >= 0.6 is 0 Å². The summed E-state index contributed by atoms with van der Waals surface area (Å²) in [6.07, 6.45) is 8.90. The lowest BCUT2D eigenvalue weighted by Crippen LogP contribution is -1.96. The third-order valence-electron chi connectivity index (χ3n) is 2.57. The van der Waals surface area contributed by atoms with Gasteiger partial charge in [0, 0.05) is 6.42 Å². The first-order valence-corrected chi connectivity index (χ1v) is 4.93. The van der Waals surface area contributed by atoms with E-state index in [2.05, 4.69) is 24.8 Å². The molecule has 13 heavy (non-hydrogen) atoms. The number of fused-ring (bicyclic) bond motifs is 1. The standard InChI is InChI=1S/C12H16O/c1-9(2)5-6-13-12-4-3-10-7-11(10)8-12/h3-4,8,10-11H,1,5-7H2,2H3. The van der Waals surface area contributed by atoms with Crippen LogP contribution in [0.5, 0.6) is 0 Å². The van der Waals surface area contributed by atoms with Crippen molar-refractivity contribution in [2.75, 3.05) is 6.61 Å². The molecule has 70 valence electrons. The third-order valence-corrected chi connectivity index (χ3v) is 2.57. The van der Waals surface area contributed by atoms with Gasteiger partial charge in [0.25, 0.3) is 0 Å². The first-order valence-electron chi connectivity index (χ1n) is 4.93. The molecule has 2 aliphatic carbocycles. The molecule has 0 N–H and O–H groups in total. The van der Waals surface area contributed by atoms with Crippen molar-refractivity contribution in [2.45, 2.75) is 19.8 Å². The highest BCUT2D eigenvalue weighted by Crippen LogP contribution is 2.44. The van der Waals surface area contributed by atoms with Crippen molar-refractivity contribution in [3.8, 4) is 0 Å². The number of rotatable bonds is 4. The van der Waals surface area contributed by atoms with Crippen molar-refractivity contribution < 1.29 is 4.74 Å². The molecule has 1 nitrogen and oxygen atoms in total. The number of allylic oxidation sites excluding steroid dienone is 3. The summed E-state index contributed by atoms with van der Waals surface area (Å²) < 4.78 is 5.60. The second-order valence-corrected chi connectivity index (χ2v) is 4.05. The van der Waals surface area contributed by atoms with Crippen molar-refractivity contribution in [1.82, 2.24) is 0 Å².